The van der Waals surface area contributed by atoms with E-state index in [9.17, 15) is 9.18 Å². The molecule has 1 aliphatic heterocycles. The van der Waals surface area contributed by atoms with Gasteiger partial charge in [0.1, 0.15) is 5.82 Å². The molecular formula is C14H18BrFN2O. The number of likely N-dealkylation sites (tertiary alicyclic amines) is 1. The smallest absolute Gasteiger partial charge is 0.227 e. The third-order valence-electron chi connectivity index (χ3n) is 3.58. The molecule has 1 saturated heterocycles. The zero-order valence-electron chi connectivity index (χ0n) is 10.9. The highest BCUT2D eigenvalue weighted by Gasteiger charge is 2.26. The van der Waals surface area contributed by atoms with Crippen molar-refractivity contribution in [2.24, 2.45) is 5.73 Å². The van der Waals surface area contributed by atoms with Crippen LogP contribution in [0, 0.1) is 5.82 Å². The van der Waals surface area contributed by atoms with Gasteiger partial charge in [-0.1, -0.05) is 6.07 Å². The monoisotopic (exact) mass is 328 g/mol. The lowest BCUT2D eigenvalue weighted by Gasteiger charge is -2.36. The van der Waals surface area contributed by atoms with E-state index in [-0.39, 0.29) is 23.8 Å². The van der Waals surface area contributed by atoms with Crippen molar-refractivity contribution < 1.29 is 9.18 Å². The second-order valence-corrected chi connectivity index (χ2v) is 6.00. The van der Waals surface area contributed by atoms with Gasteiger partial charge in [0.05, 0.1) is 10.9 Å². The average molecular weight is 329 g/mol. The van der Waals surface area contributed by atoms with Crippen LogP contribution in [0.1, 0.15) is 25.3 Å². The molecule has 1 aromatic rings. The lowest BCUT2D eigenvalue weighted by atomic mass is 9.98. The van der Waals surface area contributed by atoms with Crippen molar-refractivity contribution in [3.8, 4) is 0 Å². The van der Waals surface area contributed by atoms with Crippen LogP contribution in [0.4, 0.5) is 4.39 Å². The van der Waals surface area contributed by atoms with Crippen LogP contribution in [0.25, 0.3) is 0 Å². The van der Waals surface area contributed by atoms with Gasteiger partial charge in [-0.15, -0.1) is 0 Å². The van der Waals surface area contributed by atoms with Crippen LogP contribution < -0.4 is 5.73 Å². The van der Waals surface area contributed by atoms with Crippen molar-refractivity contribution in [2.45, 2.75) is 38.3 Å². The normalized spacial score (nSPS) is 23.5. The molecule has 0 spiro atoms. The predicted molar refractivity (Wildman–Crippen MR) is 76.2 cm³/mol. The molecule has 5 heteroatoms. The van der Waals surface area contributed by atoms with E-state index in [1.807, 2.05) is 11.8 Å². The molecule has 1 fully saturated rings. The van der Waals surface area contributed by atoms with Gasteiger partial charge in [0, 0.05) is 18.6 Å². The number of nitrogens with two attached hydrogens (primary N) is 1. The molecule has 1 heterocycles. The summed E-state index contributed by atoms with van der Waals surface area (Å²) in [4.78, 5) is 14.1. The standard InChI is InChI=1S/C14H18BrFN2O/c1-9-6-11(17)4-5-18(9)14(19)8-10-2-3-13(16)12(15)7-10/h2-3,7,9,11H,4-6,8,17H2,1H3/t9-,11-/m0/s1. The number of hydrogen-bond acceptors (Lipinski definition) is 2. The first-order valence-electron chi connectivity index (χ1n) is 6.46. The van der Waals surface area contributed by atoms with Gasteiger partial charge in [-0.3, -0.25) is 4.79 Å². The second-order valence-electron chi connectivity index (χ2n) is 5.15. The first kappa shape index (κ1) is 14.5. The van der Waals surface area contributed by atoms with Gasteiger partial charge < -0.3 is 10.6 Å². The third-order valence-corrected chi connectivity index (χ3v) is 4.18. The Morgan fingerprint density at radius 1 is 1.58 bits per heavy atom. The number of piperidine rings is 1. The Hall–Kier alpha value is -0.940. The molecule has 0 aliphatic carbocycles. The fraction of sp³-hybridized carbons (Fsp3) is 0.500. The van der Waals surface area contributed by atoms with Gasteiger partial charge in [-0.25, -0.2) is 4.39 Å². The highest BCUT2D eigenvalue weighted by molar-refractivity contribution is 9.10. The molecule has 1 aromatic carbocycles. The highest BCUT2D eigenvalue weighted by atomic mass is 79.9. The molecule has 2 N–H and O–H groups in total. The zero-order valence-corrected chi connectivity index (χ0v) is 12.5. The largest absolute Gasteiger partial charge is 0.340 e. The van der Waals surface area contributed by atoms with Crippen molar-refractivity contribution in [1.82, 2.24) is 4.90 Å². The summed E-state index contributed by atoms with van der Waals surface area (Å²) in [7, 11) is 0. The predicted octanol–water partition coefficient (Wildman–Crippen LogP) is 2.47. The molecule has 0 unspecified atom stereocenters. The van der Waals surface area contributed by atoms with Gasteiger partial charge in [0.15, 0.2) is 0 Å². The SMILES string of the molecule is C[C@H]1C[C@@H](N)CCN1C(=O)Cc1ccc(F)c(Br)c1. The maximum atomic E-state index is 13.1. The summed E-state index contributed by atoms with van der Waals surface area (Å²) in [5, 5.41) is 0. The van der Waals surface area contributed by atoms with Crippen molar-refractivity contribution >= 4 is 21.8 Å². The summed E-state index contributed by atoms with van der Waals surface area (Å²) < 4.78 is 13.5. The van der Waals surface area contributed by atoms with Crippen molar-refractivity contribution in [2.75, 3.05) is 6.54 Å². The molecule has 0 saturated carbocycles. The maximum absolute atomic E-state index is 13.1. The Morgan fingerprint density at radius 2 is 2.32 bits per heavy atom. The average Bonchev–Trinajstić information content (AvgIpc) is 2.33. The lowest BCUT2D eigenvalue weighted by molar-refractivity contribution is -0.133. The second kappa shape index (κ2) is 6.01. The number of carbonyl (C=O) groups is 1. The quantitative estimate of drug-likeness (QED) is 0.906. The summed E-state index contributed by atoms with van der Waals surface area (Å²) in [5.41, 5.74) is 6.71. The van der Waals surface area contributed by atoms with E-state index in [2.05, 4.69) is 15.9 Å². The molecule has 0 radical (unpaired) electrons. The van der Waals surface area contributed by atoms with Crippen LogP contribution in [-0.2, 0) is 11.2 Å². The molecule has 0 aromatic heterocycles. The Labute approximate surface area is 121 Å². The molecule has 19 heavy (non-hydrogen) atoms. The van der Waals surface area contributed by atoms with Gasteiger partial charge in [-0.05, 0) is 53.4 Å². The van der Waals surface area contributed by atoms with E-state index in [4.69, 9.17) is 5.73 Å². The molecule has 104 valence electrons. The Balaban J connectivity index is 2.02. The Kier molecular flexibility index (Phi) is 4.58. The summed E-state index contributed by atoms with van der Waals surface area (Å²) in [6, 6.07) is 5.06. The Bertz CT molecular complexity index is 481. The van der Waals surface area contributed by atoms with Gasteiger partial charge in [0.25, 0.3) is 0 Å². The fourth-order valence-electron chi connectivity index (χ4n) is 2.50. The fourth-order valence-corrected chi connectivity index (χ4v) is 2.93. The minimum absolute atomic E-state index is 0.0814. The zero-order chi connectivity index (χ0) is 14.0. The number of halogens is 2. The third kappa shape index (κ3) is 3.54. The van der Waals surface area contributed by atoms with E-state index in [0.717, 1.165) is 18.4 Å². The van der Waals surface area contributed by atoms with E-state index in [0.29, 0.717) is 17.4 Å². The molecule has 0 bridgehead atoms. The summed E-state index contributed by atoms with van der Waals surface area (Å²) >= 11 is 3.14. The summed E-state index contributed by atoms with van der Waals surface area (Å²) in [6.07, 6.45) is 2.00. The number of amides is 1. The van der Waals surface area contributed by atoms with Crippen LogP contribution in [-0.4, -0.2) is 29.4 Å². The van der Waals surface area contributed by atoms with Crippen LogP contribution in [0.15, 0.2) is 22.7 Å². The van der Waals surface area contributed by atoms with E-state index in [1.165, 1.54) is 6.07 Å². The van der Waals surface area contributed by atoms with Crippen LogP contribution in [0.2, 0.25) is 0 Å². The number of nitrogens with zero attached hydrogens (tertiary/aromatic N) is 1. The van der Waals surface area contributed by atoms with E-state index < -0.39 is 0 Å². The maximum Gasteiger partial charge on any atom is 0.227 e. The first-order valence-corrected chi connectivity index (χ1v) is 7.25. The molecule has 1 amide bonds. The topological polar surface area (TPSA) is 46.3 Å². The minimum Gasteiger partial charge on any atom is -0.340 e. The van der Waals surface area contributed by atoms with Crippen LogP contribution >= 0.6 is 15.9 Å². The number of hydrogen-bond donors (Lipinski definition) is 1. The molecule has 3 nitrogen and oxygen atoms in total. The minimum atomic E-state index is -0.312. The van der Waals surface area contributed by atoms with Crippen molar-refractivity contribution in [3.05, 3.63) is 34.1 Å². The first-order chi connectivity index (χ1) is 8.97. The van der Waals surface area contributed by atoms with Gasteiger partial charge >= 0.3 is 0 Å². The number of carbonyl (C=O) groups excluding carboxylic acids is 1. The molecule has 2 atom stereocenters. The Morgan fingerprint density at radius 3 is 2.95 bits per heavy atom. The molecular weight excluding hydrogens is 311 g/mol. The van der Waals surface area contributed by atoms with Crippen molar-refractivity contribution in [3.63, 3.8) is 0 Å². The summed E-state index contributed by atoms with van der Waals surface area (Å²) in [5.74, 6) is -0.230. The van der Waals surface area contributed by atoms with E-state index in [1.54, 1.807) is 12.1 Å². The van der Waals surface area contributed by atoms with Crippen LogP contribution in [0.5, 0.6) is 0 Å². The number of rotatable bonds is 2. The number of benzene rings is 1. The lowest BCUT2D eigenvalue weighted by Crippen LogP contribution is -2.48. The van der Waals surface area contributed by atoms with E-state index >= 15 is 0 Å². The highest BCUT2D eigenvalue weighted by Crippen LogP contribution is 2.20. The van der Waals surface area contributed by atoms with Crippen LogP contribution in [0.3, 0.4) is 0 Å². The molecule has 1 aliphatic rings. The van der Waals surface area contributed by atoms with Gasteiger partial charge in [-0.2, -0.15) is 0 Å². The summed E-state index contributed by atoms with van der Waals surface area (Å²) in [6.45, 7) is 2.74. The van der Waals surface area contributed by atoms with Gasteiger partial charge in [0.2, 0.25) is 5.91 Å². The molecule has 2 rings (SSSR count). The van der Waals surface area contributed by atoms with Crippen molar-refractivity contribution in [1.29, 1.82) is 0 Å².